The summed E-state index contributed by atoms with van der Waals surface area (Å²) in [5.41, 5.74) is -6.46. The Bertz CT molecular complexity index is 1020. The van der Waals surface area contributed by atoms with Crippen LogP contribution in [0.15, 0.2) is 41.3 Å². The van der Waals surface area contributed by atoms with Crippen LogP contribution >= 0.6 is 0 Å². The zero-order valence-electron chi connectivity index (χ0n) is 10.2. The number of pyridine rings is 1. The first-order chi connectivity index (χ1) is 9.73. The molecule has 2 aromatic heterocycles. The maximum Gasteiger partial charge on any atom is 0.517 e. The molecule has 1 N–H and O–H groups in total. The van der Waals surface area contributed by atoms with E-state index in [-0.39, 0.29) is 9.49 Å². The number of rotatable bonds is 1. The zero-order chi connectivity index (χ0) is 15.4. The average Bonchev–Trinajstić information content (AvgIpc) is 2.77. The summed E-state index contributed by atoms with van der Waals surface area (Å²) in [6, 6.07) is 7.86. The van der Waals surface area contributed by atoms with Crippen LogP contribution in [0, 0.1) is 0 Å². The second kappa shape index (κ2) is 4.10. The average molecular weight is 316 g/mol. The summed E-state index contributed by atoms with van der Waals surface area (Å²) in [5, 5.41) is 0.991. The highest BCUT2D eigenvalue weighted by atomic mass is 32.2. The first kappa shape index (κ1) is 13.7. The Morgan fingerprint density at radius 3 is 2.38 bits per heavy atom. The molecule has 0 aliphatic carbocycles. The molecular formula is C12H7F3N2O3S. The van der Waals surface area contributed by atoms with Gasteiger partial charge in [0.2, 0.25) is 0 Å². The molecule has 1 aromatic carbocycles. The fraction of sp³-hybridized carbons (Fsp3) is 0.0833. The standard InChI is InChI=1S/C12H7F3N2O3S/c13-12(14,15)21(19,20)17-6-5-8-7-3-1-2-4-9(7)16-10(8)11(17)18/h1-6,16H. The number of fused-ring (bicyclic) bond motifs is 3. The van der Waals surface area contributed by atoms with Crippen molar-refractivity contribution in [2.45, 2.75) is 5.51 Å². The van der Waals surface area contributed by atoms with Crippen LogP contribution in [0.25, 0.3) is 21.8 Å². The van der Waals surface area contributed by atoms with Crippen molar-refractivity contribution < 1.29 is 21.6 Å². The highest BCUT2D eigenvalue weighted by molar-refractivity contribution is 7.90. The molecule has 3 aromatic rings. The largest absolute Gasteiger partial charge is 0.517 e. The van der Waals surface area contributed by atoms with E-state index in [0.29, 0.717) is 22.5 Å². The molecule has 9 heteroatoms. The number of H-pyrrole nitrogens is 1. The Kier molecular flexibility index (Phi) is 2.67. The summed E-state index contributed by atoms with van der Waals surface area (Å²) < 4.78 is 60.1. The molecule has 0 aliphatic rings. The van der Waals surface area contributed by atoms with E-state index < -0.39 is 21.1 Å². The van der Waals surface area contributed by atoms with Gasteiger partial charge in [-0.15, -0.1) is 0 Å². The van der Waals surface area contributed by atoms with Crippen molar-refractivity contribution in [1.82, 2.24) is 8.96 Å². The van der Waals surface area contributed by atoms with Crippen LogP contribution in [-0.4, -0.2) is 22.9 Å². The number of para-hydroxylation sites is 1. The van der Waals surface area contributed by atoms with Crippen LogP contribution in [0.1, 0.15) is 0 Å². The van der Waals surface area contributed by atoms with E-state index in [2.05, 4.69) is 4.98 Å². The van der Waals surface area contributed by atoms with E-state index >= 15 is 0 Å². The lowest BCUT2D eigenvalue weighted by Gasteiger charge is -2.09. The van der Waals surface area contributed by atoms with Gasteiger partial charge >= 0.3 is 15.5 Å². The van der Waals surface area contributed by atoms with E-state index in [9.17, 15) is 26.4 Å². The Balaban J connectivity index is 2.42. The number of hydrogen-bond donors (Lipinski definition) is 1. The number of aromatic nitrogens is 2. The number of halogens is 3. The molecule has 0 saturated heterocycles. The molecule has 0 atom stereocenters. The number of nitrogens with zero attached hydrogens (tertiary/aromatic N) is 1. The lowest BCUT2D eigenvalue weighted by atomic mass is 10.2. The van der Waals surface area contributed by atoms with Crippen molar-refractivity contribution in [3.8, 4) is 0 Å². The monoisotopic (exact) mass is 316 g/mol. The van der Waals surface area contributed by atoms with E-state index in [1.54, 1.807) is 24.3 Å². The minimum atomic E-state index is -5.75. The van der Waals surface area contributed by atoms with Gasteiger partial charge in [0.05, 0.1) is 0 Å². The molecule has 0 amide bonds. The smallest absolute Gasteiger partial charge is 0.350 e. The van der Waals surface area contributed by atoms with E-state index in [0.717, 1.165) is 0 Å². The van der Waals surface area contributed by atoms with Crippen LogP contribution in [0.5, 0.6) is 0 Å². The Labute approximate surface area is 115 Å². The predicted octanol–water partition coefficient (Wildman–Crippen LogP) is 2.18. The third-order valence-electron chi connectivity index (χ3n) is 3.09. The molecule has 0 fully saturated rings. The van der Waals surface area contributed by atoms with Gasteiger partial charge in [-0.1, -0.05) is 18.2 Å². The second-order valence-electron chi connectivity index (χ2n) is 4.33. The molecule has 0 saturated carbocycles. The van der Waals surface area contributed by atoms with E-state index in [1.807, 2.05) is 0 Å². The van der Waals surface area contributed by atoms with Crippen LogP contribution < -0.4 is 5.56 Å². The first-order valence-corrected chi connectivity index (χ1v) is 7.11. The molecule has 3 rings (SSSR count). The minimum absolute atomic E-state index is 0.188. The van der Waals surface area contributed by atoms with Crippen LogP contribution in [-0.2, 0) is 10.0 Å². The third-order valence-corrected chi connectivity index (χ3v) is 4.48. The summed E-state index contributed by atoms with van der Waals surface area (Å²) >= 11 is 0. The van der Waals surface area contributed by atoms with Gasteiger partial charge in [0, 0.05) is 22.5 Å². The van der Waals surface area contributed by atoms with Gasteiger partial charge in [0.25, 0.3) is 5.56 Å². The second-order valence-corrected chi connectivity index (χ2v) is 6.13. The van der Waals surface area contributed by atoms with Gasteiger partial charge in [-0.05, 0) is 12.1 Å². The Hall–Kier alpha value is -2.29. The topological polar surface area (TPSA) is 71.9 Å². The number of aromatic amines is 1. The molecule has 0 radical (unpaired) electrons. The maximum absolute atomic E-state index is 12.5. The normalized spacial score (nSPS) is 13.1. The molecular weight excluding hydrogens is 309 g/mol. The quantitative estimate of drug-likeness (QED) is 0.748. The van der Waals surface area contributed by atoms with Gasteiger partial charge < -0.3 is 4.98 Å². The fourth-order valence-corrected chi connectivity index (χ4v) is 2.88. The number of benzene rings is 1. The van der Waals surface area contributed by atoms with Crippen LogP contribution in [0.3, 0.4) is 0 Å². The molecule has 0 unspecified atom stereocenters. The molecule has 2 heterocycles. The summed E-state index contributed by atoms with van der Waals surface area (Å²) in [6.07, 6.45) is 0.619. The minimum Gasteiger partial charge on any atom is -0.350 e. The van der Waals surface area contributed by atoms with Crippen molar-refractivity contribution in [2.75, 3.05) is 0 Å². The van der Waals surface area contributed by atoms with Crippen LogP contribution in [0.2, 0.25) is 0 Å². The maximum atomic E-state index is 12.5. The van der Waals surface area contributed by atoms with E-state index in [4.69, 9.17) is 0 Å². The van der Waals surface area contributed by atoms with Gasteiger partial charge in [-0.25, -0.2) is 3.97 Å². The highest BCUT2D eigenvalue weighted by Gasteiger charge is 2.48. The van der Waals surface area contributed by atoms with Crippen molar-refractivity contribution in [3.05, 3.63) is 46.9 Å². The Morgan fingerprint density at radius 2 is 1.71 bits per heavy atom. The lowest BCUT2D eigenvalue weighted by Crippen LogP contribution is -2.36. The summed E-state index contributed by atoms with van der Waals surface area (Å²) in [7, 11) is -5.75. The predicted molar refractivity (Wildman–Crippen MR) is 70.4 cm³/mol. The summed E-state index contributed by atoms with van der Waals surface area (Å²) in [6.45, 7) is 0. The van der Waals surface area contributed by atoms with Gasteiger partial charge in [0.1, 0.15) is 5.52 Å². The fourth-order valence-electron chi connectivity index (χ4n) is 2.13. The third kappa shape index (κ3) is 1.84. The first-order valence-electron chi connectivity index (χ1n) is 5.67. The van der Waals surface area contributed by atoms with Gasteiger partial charge in [0.15, 0.2) is 0 Å². The van der Waals surface area contributed by atoms with Gasteiger partial charge in [-0.3, -0.25) is 4.79 Å². The Morgan fingerprint density at radius 1 is 1.05 bits per heavy atom. The summed E-state index contributed by atoms with van der Waals surface area (Å²) in [4.78, 5) is 14.7. The number of alkyl halides is 3. The molecule has 21 heavy (non-hydrogen) atoms. The van der Waals surface area contributed by atoms with Gasteiger partial charge in [-0.2, -0.15) is 21.6 Å². The molecule has 0 bridgehead atoms. The van der Waals surface area contributed by atoms with Crippen LogP contribution in [0.4, 0.5) is 13.2 Å². The van der Waals surface area contributed by atoms with Crippen molar-refractivity contribution in [2.24, 2.45) is 0 Å². The van der Waals surface area contributed by atoms with Crippen molar-refractivity contribution in [3.63, 3.8) is 0 Å². The molecule has 110 valence electrons. The molecule has 5 nitrogen and oxygen atoms in total. The summed E-state index contributed by atoms with van der Waals surface area (Å²) in [5.74, 6) is 0. The van der Waals surface area contributed by atoms with Crippen molar-refractivity contribution in [1.29, 1.82) is 0 Å². The SMILES string of the molecule is O=c1c2[nH]c3ccccc3c2ccn1S(=O)(=O)C(F)(F)F. The zero-order valence-corrected chi connectivity index (χ0v) is 11.0. The lowest BCUT2D eigenvalue weighted by molar-refractivity contribution is -0.0447. The van der Waals surface area contributed by atoms with E-state index in [1.165, 1.54) is 6.07 Å². The number of hydrogen-bond acceptors (Lipinski definition) is 3. The highest BCUT2D eigenvalue weighted by Crippen LogP contribution is 2.26. The number of nitrogens with one attached hydrogen (secondary N) is 1. The molecule has 0 spiro atoms. The molecule has 0 aliphatic heterocycles. The van der Waals surface area contributed by atoms with Crippen molar-refractivity contribution >= 4 is 31.8 Å².